The first-order valence-corrected chi connectivity index (χ1v) is 9.90. The molecular weight excluding hydrogens is 374 g/mol. The van der Waals surface area contributed by atoms with Gasteiger partial charge in [-0.25, -0.2) is 17.2 Å². The number of guanidine groups is 1. The molecule has 9 heteroatoms. The normalized spacial score (nSPS) is 11.9. The van der Waals surface area contributed by atoms with Crippen LogP contribution in [0.2, 0.25) is 0 Å². The number of hydrogen-bond acceptors (Lipinski definition) is 3. The van der Waals surface area contributed by atoms with E-state index in [-0.39, 0.29) is 30.3 Å². The summed E-state index contributed by atoms with van der Waals surface area (Å²) in [7, 11) is -2.14. The van der Waals surface area contributed by atoms with Crippen molar-refractivity contribution < 1.29 is 17.2 Å². The molecule has 27 heavy (non-hydrogen) atoms. The average Bonchev–Trinajstić information content (AvgIpc) is 2.62. The van der Waals surface area contributed by atoms with Gasteiger partial charge in [0.1, 0.15) is 11.6 Å². The Morgan fingerprint density at radius 3 is 2.48 bits per heavy atom. The highest BCUT2D eigenvalue weighted by molar-refractivity contribution is 7.92. The van der Waals surface area contributed by atoms with E-state index in [0.29, 0.717) is 17.1 Å². The molecule has 0 aromatic heterocycles. The van der Waals surface area contributed by atoms with Gasteiger partial charge in [-0.15, -0.1) is 0 Å². The Labute approximate surface area is 157 Å². The third-order valence-corrected chi connectivity index (χ3v) is 5.02. The number of benzene rings is 2. The van der Waals surface area contributed by atoms with Gasteiger partial charge in [-0.3, -0.25) is 9.71 Å². The molecule has 0 fully saturated rings. The Kier molecular flexibility index (Phi) is 7.12. The van der Waals surface area contributed by atoms with Crippen LogP contribution < -0.4 is 15.4 Å². The number of aliphatic imine (C=N–C) groups is 1. The Balaban J connectivity index is 1.83. The highest BCUT2D eigenvalue weighted by Crippen LogP contribution is 2.14. The largest absolute Gasteiger partial charge is 0.355 e. The van der Waals surface area contributed by atoms with Crippen LogP contribution in [0.25, 0.3) is 0 Å². The zero-order chi connectivity index (χ0) is 19.9. The van der Waals surface area contributed by atoms with Crippen molar-refractivity contribution in [3.8, 4) is 0 Å². The molecule has 0 unspecified atom stereocenters. The minimum Gasteiger partial charge on any atom is -0.355 e. The molecule has 0 aliphatic carbocycles. The molecule has 0 amide bonds. The summed E-state index contributed by atoms with van der Waals surface area (Å²) in [5.41, 5.74) is 1.07. The van der Waals surface area contributed by atoms with Crippen LogP contribution >= 0.6 is 0 Å². The van der Waals surface area contributed by atoms with Crippen LogP contribution in [0.15, 0.2) is 47.5 Å². The van der Waals surface area contributed by atoms with Gasteiger partial charge in [-0.05, 0) is 30.7 Å². The Morgan fingerprint density at radius 1 is 1.07 bits per heavy atom. The maximum atomic E-state index is 13.6. The van der Waals surface area contributed by atoms with Crippen LogP contribution in [0.5, 0.6) is 0 Å². The summed E-state index contributed by atoms with van der Waals surface area (Å²) in [5.74, 6) is -0.721. The maximum Gasteiger partial charge on any atom is 0.234 e. The highest BCUT2D eigenvalue weighted by atomic mass is 32.2. The van der Waals surface area contributed by atoms with Gasteiger partial charge in [0.15, 0.2) is 5.96 Å². The van der Waals surface area contributed by atoms with Crippen molar-refractivity contribution in [2.75, 3.05) is 24.1 Å². The molecule has 2 aromatic carbocycles. The number of nitrogens with one attached hydrogen (secondary N) is 3. The van der Waals surface area contributed by atoms with E-state index in [1.165, 1.54) is 25.2 Å². The van der Waals surface area contributed by atoms with Crippen molar-refractivity contribution in [3.05, 3.63) is 65.2 Å². The lowest BCUT2D eigenvalue weighted by molar-refractivity contribution is 0.599. The average molecular weight is 396 g/mol. The van der Waals surface area contributed by atoms with Gasteiger partial charge in [0, 0.05) is 25.7 Å². The van der Waals surface area contributed by atoms with Gasteiger partial charge in [0.05, 0.1) is 11.4 Å². The van der Waals surface area contributed by atoms with Crippen molar-refractivity contribution >= 4 is 21.7 Å². The third kappa shape index (κ3) is 6.52. The smallest absolute Gasteiger partial charge is 0.234 e. The van der Waals surface area contributed by atoms with Crippen LogP contribution in [0.3, 0.4) is 0 Å². The lowest BCUT2D eigenvalue weighted by Crippen LogP contribution is -2.39. The van der Waals surface area contributed by atoms with Crippen molar-refractivity contribution in [2.45, 2.75) is 13.5 Å². The summed E-state index contributed by atoms with van der Waals surface area (Å²) in [6, 6.07) is 10.5. The molecule has 0 spiro atoms. The lowest BCUT2D eigenvalue weighted by Gasteiger charge is -2.13. The number of hydrogen-bond donors (Lipinski definition) is 3. The van der Waals surface area contributed by atoms with E-state index in [4.69, 9.17) is 0 Å². The van der Waals surface area contributed by atoms with Gasteiger partial charge in [0.2, 0.25) is 10.0 Å². The molecule has 0 aliphatic heterocycles. The van der Waals surface area contributed by atoms with E-state index in [9.17, 15) is 17.2 Å². The molecule has 2 rings (SSSR count). The second-order valence-electron chi connectivity index (χ2n) is 5.83. The number of rotatable bonds is 7. The molecule has 0 aliphatic rings. The molecule has 0 atom stereocenters. The molecule has 2 aromatic rings. The van der Waals surface area contributed by atoms with E-state index in [1.54, 1.807) is 25.1 Å². The Bertz CT molecular complexity index is 917. The van der Waals surface area contributed by atoms with Crippen molar-refractivity contribution in [1.82, 2.24) is 10.6 Å². The van der Waals surface area contributed by atoms with Gasteiger partial charge in [-0.1, -0.05) is 24.3 Å². The minimum atomic E-state index is -3.66. The molecular formula is C18H22F2N4O2S. The SMILES string of the molecule is CN=C(NCCS(=O)(=O)Nc1ccc(C)c(F)c1)NCc1ccccc1F. The predicted molar refractivity (Wildman–Crippen MR) is 103 cm³/mol. The summed E-state index contributed by atoms with van der Waals surface area (Å²) in [4.78, 5) is 3.96. The van der Waals surface area contributed by atoms with Crippen LogP contribution in [-0.2, 0) is 16.6 Å². The van der Waals surface area contributed by atoms with E-state index >= 15 is 0 Å². The first kappa shape index (κ1) is 20.6. The van der Waals surface area contributed by atoms with Gasteiger partial charge >= 0.3 is 0 Å². The standard InChI is InChI=1S/C18H22F2N4O2S/c1-13-7-8-15(11-17(13)20)24-27(25,26)10-9-22-18(21-2)23-12-14-5-3-4-6-16(14)19/h3-8,11,24H,9-10,12H2,1-2H3,(H2,21,22,23). The van der Waals surface area contributed by atoms with Gasteiger partial charge in [-0.2, -0.15) is 0 Å². The zero-order valence-corrected chi connectivity index (χ0v) is 15.9. The molecule has 0 saturated carbocycles. The summed E-state index contributed by atoms with van der Waals surface area (Å²) >= 11 is 0. The molecule has 0 saturated heterocycles. The summed E-state index contributed by atoms with van der Waals surface area (Å²) < 4.78 is 53.7. The molecule has 0 heterocycles. The van der Waals surface area contributed by atoms with Crippen molar-refractivity contribution in [2.24, 2.45) is 4.99 Å². The van der Waals surface area contributed by atoms with Crippen molar-refractivity contribution in [3.63, 3.8) is 0 Å². The number of sulfonamides is 1. The topological polar surface area (TPSA) is 82.6 Å². The predicted octanol–water partition coefficient (Wildman–Crippen LogP) is 2.38. The van der Waals surface area contributed by atoms with Crippen LogP contribution in [0, 0.1) is 18.6 Å². The Morgan fingerprint density at radius 2 is 1.81 bits per heavy atom. The number of halogens is 2. The second-order valence-corrected chi connectivity index (χ2v) is 7.67. The maximum absolute atomic E-state index is 13.6. The van der Waals surface area contributed by atoms with Gasteiger partial charge < -0.3 is 10.6 Å². The monoisotopic (exact) mass is 396 g/mol. The second kappa shape index (κ2) is 9.31. The summed E-state index contributed by atoms with van der Waals surface area (Å²) in [6.07, 6.45) is 0. The fourth-order valence-corrected chi connectivity index (χ4v) is 3.19. The Hall–Kier alpha value is -2.68. The third-order valence-electron chi connectivity index (χ3n) is 3.74. The van der Waals surface area contributed by atoms with Gasteiger partial charge in [0.25, 0.3) is 0 Å². The fourth-order valence-electron chi connectivity index (χ4n) is 2.23. The van der Waals surface area contributed by atoms with Crippen LogP contribution in [-0.4, -0.2) is 33.7 Å². The van der Waals surface area contributed by atoms with E-state index < -0.39 is 15.8 Å². The lowest BCUT2D eigenvalue weighted by atomic mass is 10.2. The number of nitrogens with zero attached hydrogens (tertiary/aromatic N) is 1. The van der Waals surface area contributed by atoms with E-state index in [2.05, 4.69) is 20.3 Å². The minimum absolute atomic E-state index is 0.0701. The molecule has 0 bridgehead atoms. The first-order chi connectivity index (χ1) is 12.8. The van der Waals surface area contributed by atoms with E-state index in [0.717, 1.165) is 6.07 Å². The zero-order valence-electron chi connectivity index (χ0n) is 15.1. The van der Waals surface area contributed by atoms with Crippen molar-refractivity contribution in [1.29, 1.82) is 0 Å². The number of aryl methyl sites for hydroxylation is 1. The molecule has 0 radical (unpaired) electrons. The van der Waals surface area contributed by atoms with Crippen LogP contribution in [0.1, 0.15) is 11.1 Å². The first-order valence-electron chi connectivity index (χ1n) is 8.25. The fraction of sp³-hybridized carbons (Fsp3) is 0.278. The summed E-state index contributed by atoms with van der Waals surface area (Å²) in [5, 5.41) is 5.75. The molecule has 3 N–H and O–H groups in total. The quantitative estimate of drug-likeness (QED) is 0.496. The molecule has 6 nitrogen and oxygen atoms in total. The molecule has 146 valence electrons. The van der Waals surface area contributed by atoms with Crippen LogP contribution in [0.4, 0.5) is 14.5 Å². The summed E-state index contributed by atoms with van der Waals surface area (Å²) in [6.45, 7) is 1.87. The van der Waals surface area contributed by atoms with E-state index in [1.807, 2.05) is 0 Å². The highest BCUT2D eigenvalue weighted by Gasteiger charge is 2.12. The number of anilines is 1.